The lowest BCUT2D eigenvalue weighted by molar-refractivity contribution is -0.103. The van der Waals surface area contributed by atoms with Gasteiger partial charge in [0.15, 0.2) is 0 Å². The van der Waals surface area contributed by atoms with Crippen LogP contribution in [0.5, 0.6) is 0 Å². The first-order chi connectivity index (χ1) is 7.71. The lowest BCUT2D eigenvalue weighted by Gasteiger charge is -2.70. The summed E-state index contributed by atoms with van der Waals surface area (Å²) in [5.74, 6) is 3.31. The Kier molecular flexibility index (Phi) is 1.48. The molecule has 0 saturated heterocycles. The van der Waals surface area contributed by atoms with Crippen molar-refractivity contribution in [2.24, 2.45) is 34.5 Å². The molecule has 0 spiro atoms. The normalized spacial score (nSPS) is 60.4. The minimum atomic E-state index is 0.507. The van der Waals surface area contributed by atoms with Gasteiger partial charge in [0.2, 0.25) is 0 Å². The molecule has 0 aromatic carbocycles. The molecule has 0 N–H and O–H groups in total. The maximum absolute atomic E-state index is 2.54. The summed E-state index contributed by atoms with van der Waals surface area (Å²) in [6.07, 6.45) is 17.6. The van der Waals surface area contributed by atoms with E-state index >= 15 is 0 Å². The van der Waals surface area contributed by atoms with Crippen LogP contribution in [0.2, 0.25) is 0 Å². The largest absolute Gasteiger partial charge is 0.0876 e. The summed E-state index contributed by atoms with van der Waals surface area (Å²) in [5.41, 5.74) is 1.01. The van der Waals surface area contributed by atoms with E-state index in [0.717, 1.165) is 23.7 Å². The predicted molar refractivity (Wildman–Crippen MR) is 66.8 cm³/mol. The summed E-state index contributed by atoms with van der Waals surface area (Å²) in [6.45, 7) is 4.93. The Balaban J connectivity index is 1.94. The van der Waals surface area contributed by atoms with Gasteiger partial charge in [0, 0.05) is 10.8 Å². The minimum absolute atomic E-state index is 0.507. The van der Waals surface area contributed by atoms with Crippen LogP contribution in [0.15, 0.2) is 36.5 Å². The molecule has 5 aliphatic carbocycles. The van der Waals surface area contributed by atoms with Crippen LogP contribution in [0.3, 0.4) is 0 Å². The van der Waals surface area contributed by atoms with Gasteiger partial charge in [-0.3, -0.25) is 0 Å². The fraction of sp³-hybridized carbons (Fsp3) is 0.625. The lowest BCUT2D eigenvalue weighted by Crippen LogP contribution is -2.64. The third kappa shape index (κ3) is 0.697. The zero-order valence-electron chi connectivity index (χ0n) is 10.2. The van der Waals surface area contributed by atoms with Crippen molar-refractivity contribution >= 4 is 0 Å². The molecule has 0 aliphatic heterocycles. The van der Waals surface area contributed by atoms with Crippen LogP contribution in [-0.2, 0) is 0 Å². The maximum Gasteiger partial charge on any atom is 0.00813 e. The molecule has 1 fully saturated rings. The van der Waals surface area contributed by atoms with Gasteiger partial charge in [0.05, 0.1) is 0 Å². The third-order valence-electron chi connectivity index (χ3n) is 6.30. The molecule has 5 rings (SSSR count). The van der Waals surface area contributed by atoms with Crippen LogP contribution in [0.4, 0.5) is 0 Å². The van der Waals surface area contributed by atoms with Crippen molar-refractivity contribution in [1.82, 2.24) is 0 Å². The van der Waals surface area contributed by atoms with Crippen LogP contribution in [0, 0.1) is 34.5 Å². The van der Waals surface area contributed by atoms with Gasteiger partial charge in [-0.1, -0.05) is 50.3 Å². The molecule has 0 nitrogen and oxygen atoms in total. The van der Waals surface area contributed by atoms with Gasteiger partial charge in [-0.15, -0.1) is 0 Å². The van der Waals surface area contributed by atoms with Crippen molar-refractivity contribution in [1.29, 1.82) is 0 Å². The van der Waals surface area contributed by atoms with Gasteiger partial charge in [-0.2, -0.15) is 0 Å². The fourth-order valence-corrected chi connectivity index (χ4v) is 5.22. The topological polar surface area (TPSA) is 0 Å². The monoisotopic (exact) mass is 212 g/mol. The van der Waals surface area contributed by atoms with Crippen LogP contribution in [0.1, 0.15) is 26.7 Å². The molecular weight excluding hydrogens is 192 g/mol. The van der Waals surface area contributed by atoms with Crippen LogP contribution in [0.25, 0.3) is 0 Å². The third-order valence-corrected chi connectivity index (χ3v) is 6.30. The molecule has 6 atom stereocenters. The van der Waals surface area contributed by atoms with E-state index in [0.29, 0.717) is 10.8 Å². The zero-order chi connectivity index (χ0) is 11.0. The van der Waals surface area contributed by atoms with E-state index in [-0.39, 0.29) is 0 Å². The van der Waals surface area contributed by atoms with E-state index in [1.165, 1.54) is 12.8 Å². The smallest absolute Gasteiger partial charge is 0.00813 e. The predicted octanol–water partition coefficient (Wildman–Crippen LogP) is 3.97. The SMILES string of the molecule is C[C@@H]1[C@H](C)[C@@H]2C=C[C@H]1[C@@]13C=C[C@@]21CC=CC3. The fourth-order valence-electron chi connectivity index (χ4n) is 5.22. The van der Waals surface area contributed by atoms with Crippen molar-refractivity contribution in [3.8, 4) is 0 Å². The molecule has 0 radical (unpaired) electrons. The first-order valence-corrected chi connectivity index (χ1v) is 6.75. The Morgan fingerprint density at radius 2 is 1.25 bits per heavy atom. The van der Waals surface area contributed by atoms with E-state index < -0.39 is 0 Å². The van der Waals surface area contributed by atoms with Gasteiger partial charge in [0.1, 0.15) is 0 Å². The molecule has 84 valence electrons. The Morgan fingerprint density at radius 3 is 1.62 bits per heavy atom. The summed E-state index contributed by atoms with van der Waals surface area (Å²) in [6, 6.07) is 0. The van der Waals surface area contributed by atoms with Crippen molar-refractivity contribution < 1.29 is 0 Å². The van der Waals surface area contributed by atoms with E-state index in [2.05, 4.69) is 50.3 Å². The van der Waals surface area contributed by atoms with Crippen LogP contribution >= 0.6 is 0 Å². The Hall–Kier alpha value is -0.780. The number of hydrogen-bond acceptors (Lipinski definition) is 0. The molecule has 16 heavy (non-hydrogen) atoms. The van der Waals surface area contributed by atoms with Gasteiger partial charge in [-0.25, -0.2) is 0 Å². The van der Waals surface area contributed by atoms with Gasteiger partial charge < -0.3 is 0 Å². The number of fused-ring (bicyclic) bond motifs is 1. The van der Waals surface area contributed by atoms with E-state index in [1.54, 1.807) is 0 Å². The standard InChI is InChI=1S/C16H20/c1-11-12(2)14-6-5-13(11)15-7-3-4-8-16(14,15)10-9-15/h3-6,9-14H,7-8H2,1-2H3/t11-,12+,13-,14+,15-,16+. The molecule has 0 heterocycles. The number of allylic oxidation sites excluding steroid dienone is 6. The molecule has 0 aromatic heterocycles. The molecule has 0 amide bonds. The summed E-state index contributed by atoms with van der Waals surface area (Å²) < 4.78 is 0. The Labute approximate surface area is 98.1 Å². The number of rotatable bonds is 0. The average molecular weight is 212 g/mol. The molecule has 0 aromatic rings. The second-order valence-electron chi connectivity index (χ2n) is 6.45. The van der Waals surface area contributed by atoms with E-state index in [4.69, 9.17) is 0 Å². The van der Waals surface area contributed by atoms with Crippen molar-refractivity contribution in [2.45, 2.75) is 26.7 Å². The first-order valence-electron chi connectivity index (χ1n) is 6.75. The average Bonchev–Trinajstić information content (AvgIpc) is 2.27. The summed E-state index contributed by atoms with van der Waals surface area (Å²) in [4.78, 5) is 0. The molecule has 1 saturated carbocycles. The summed E-state index contributed by atoms with van der Waals surface area (Å²) in [7, 11) is 0. The van der Waals surface area contributed by atoms with E-state index in [9.17, 15) is 0 Å². The quantitative estimate of drug-likeness (QED) is 0.533. The van der Waals surface area contributed by atoms with E-state index in [1.807, 2.05) is 0 Å². The maximum atomic E-state index is 2.54. The molecule has 2 bridgehead atoms. The highest BCUT2D eigenvalue weighted by molar-refractivity contribution is 5.42. The molecular formula is C16H20. The summed E-state index contributed by atoms with van der Waals surface area (Å²) in [5, 5.41) is 0. The lowest BCUT2D eigenvalue weighted by atomic mass is 9.33. The zero-order valence-corrected chi connectivity index (χ0v) is 10.2. The van der Waals surface area contributed by atoms with Crippen molar-refractivity contribution in [3.05, 3.63) is 36.5 Å². The molecule has 0 unspecified atom stereocenters. The van der Waals surface area contributed by atoms with Crippen LogP contribution in [-0.4, -0.2) is 0 Å². The Bertz CT molecular complexity index is 387. The highest BCUT2D eigenvalue weighted by Crippen LogP contribution is 2.73. The highest BCUT2D eigenvalue weighted by atomic mass is 14.7. The molecule has 0 heteroatoms. The van der Waals surface area contributed by atoms with Gasteiger partial charge in [-0.05, 0) is 36.5 Å². The van der Waals surface area contributed by atoms with Gasteiger partial charge in [0.25, 0.3) is 0 Å². The van der Waals surface area contributed by atoms with Crippen molar-refractivity contribution in [2.75, 3.05) is 0 Å². The number of hydrogen-bond donors (Lipinski definition) is 0. The summed E-state index contributed by atoms with van der Waals surface area (Å²) >= 11 is 0. The first kappa shape index (κ1) is 9.27. The Morgan fingerprint density at radius 1 is 0.812 bits per heavy atom. The van der Waals surface area contributed by atoms with Gasteiger partial charge >= 0.3 is 0 Å². The van der Waals surface area contributed by atoms with Crippen molar-refractivity contribution in [3.63, 3.8) is 0 Å². The highest BCUT2D eigenvalue weighted by Gasteiger charge is 2.67. The van der Waals surface area contributed by atoms with Crippen LogP contribution < -0.4 is 0 Å². The second kappa shape index (κ2) is 2.55. The minimum Gasteiger partial charge on any atom is -0.0876 e. The second-order valence-corrected chi connectivity index (χ2v) is 6.45. The molecule has 5 aliphatic rings.